The molecule has 0 heterocycles. The minimum atomic E-state index is 0.839. The molecule has 166 valence electrons. The maximum absolute atomic E-state index is 2.64. The van der Waals surface area contributed by atoms with E-state index in [1.165, 1.54) is 96.3 Å². The Bertz CT molecular complexity index is 683. The van der Waals surface area contributed by atoms with E-state index in [-0.39, 0.29) is 0 Å². The highest BCUT2D eigenvalue weighted by Gasteiger charge is 2.35. The number of allylic oxidation sites excluding steroid dienone is 2. The summed E-state index contributed by atoms with van der Waals surface area (Å²) in [6.07, 6.45) is 26.2. The number of hydrogen-bond acceptors (Lipinski definition) is 0. The van der Waals surface area contributed by atoms with Crippen molar-refractivity contribution in [1.82, 2.24) is 0 Å². The second-order valence-corrected chi connectivity index (χ2v) is 11.0. The molecule has 0 heteroatoms. The second-order valence-electron chi connectivity index (χ2n) is 11.0. The molecule has 3 aliphatic rings. The van der Waals surface area contributed by atoms with Crippen LogP contribution in [0.2, 0.25) is 0 Å². The smallest absolute Gasteiger partial charge is 0.0159 e. The van der Waals surface area contributed by atoms with Crippen LogP contribution in [0, 0.1) is 23.7 Å². The van der Waals surface area contributed by atoms with Gasteiger partial charge in [0.15, 0.2) is 0 Å². The lowest BCUT2D eigenvalue weighted by molar-refractivity contribution is 0.133. The predicted octanol–water partition coefficient (Wildman–Crippen LogP) is 9.03. The van der Waals surface area contributed by atoms with E-state index in [1.807, 2.05) is 0 Å². The first kappa shape index (κ1) is 22.2. The first-order chi connectivity index (χ1) is 14.8. The number of aryl methyl sites for hydroxylation is 1. The quantitative estimate of drug-likeness (QED) is 0.298. The number of hydrogen-bond donors (Lipinski definition) is 0. The highest BCUT2D eigenvalue weighted by Crippen LogP contribution is 2.48. The average Bonchev–Trinajstić information content (AvgIpc) is 2.78. The summed E-state index contributed by atoms with van der Waals surface area (Å²) in [5.74, 6) is 4.67. The van der Waals surface area contributed by atoms with E-state index in [1.54, 1.807) is 16.7 Å². The van der Waals surface area contributed by atoms with Crippen molar-refractivity contribution < 1.29 is 0 Å². The van der Waals surface area contributed by atoms with Gasteiger partial charge in [0.2, 0.25) is 0 Å². The summed E-state index contributed by atoms with van der Waals surface area (Å²) < 4.78 is 0. The molecule has 0 saturated heterocycles. The molecule has 0 bridgehead atoms. The highest BCUT2D eigenvalue weighted by atomic mass is 14.4. The lowest BCUT2D eigenvalue weighted by Gasteiger charge is -2.42. The van der Waals surface area contributed by atoms with Crippen molar-refractivity contribution in [2.45, 2.75) is 116 Å². The fourth-order valence-corrected chi connectivity index (χ4v) is 7.06. The lowest BCUT2D eigenvalue weighted by Crippen LogP contribution is -2.30. The molecule has 0 aromatic heterocycles. The second kappa shape index (κ2) is 11.0. The van der Waals surface area contributed by atoms with Gasteiger partial charge < -0.3 is 0 Å². The number of rotatable bonds is 8. The van der Waals surface area contributed by atoms with Gasteiger partial charge in [-0.05, 0) is 111 Å². The summed E-state index contributed by atoms with van der Waals surface area (Å²) >= 11 is 0. The molecule has 2 saturated carbocycles. The molecule has 5 atom stereocenters. The van der Waals surface area contributed by atoms with Gasteiger partial charge in [-0.15, -0.1) is 0 Å². The summed E-state index contributed by atoms with van der Waals surface area (Å²) in [4.78, 5) is 0. The molecule has 1 aromatic carbocycles. The SMILES string of the molecule is C/C=C/C1CCC2CC(c3ccc4c(c3)CCC(CCCCCCC)C4)CCC2C1. The molecule has 4 rings (SSSR count). The Balaban J connectivity index is 1.29. The Morgan fingerprint density at radius 3 is 2.57 bits per heavy atom. The Labute approximate surface area is 186 Å². The van der Waals surface area contributed by atoms with E-state index in [4.69, 9.17) is 0 Å². The minimum absolute atomic E-state index is 0.839. The fourth-order valence-electron chi connectivity index (χ4n) is 7.06. The summed E-state index contributed by atoms with van der Waals surface area (Å²) in [6, 6.07) is 7.70. The molecule has 0 amide bonds. The Kier molecular flexibility index (Phi) is 8.14. The number of unbranched alkanes of at least 4 members (excludes halogenated alkanes) is 4. The van der Waals surface area contributed by atoms with E-state index in [0.717, 1.165) is 29.6 Å². The van der Waals surface area contributed by atoms with E-state index >= 15 is 0 Å². The predicted molar refractivity (Wildman–Crippen MR) is 131 cm³/mol. The normalized spacial score (nSPS) is 31.5. The van der Waals surface area contributed by atoms with Crippen molar-refractivity contribution in [3.63, 3.8) is 0 Å². The summed E-state index contributed by atoms with van der Waals surface area (Å²) in [7, 11) is 0. The molecule has 30 heavy (non-hydrogen) atoms. The molecule has 3 aliphatic carbocycles. The highest BCUT2D eigenvalue weighted by molar-refractivity contribution is 5.36. The van der Waals surface area contributed by atoms with E-state index < -0.39 is 0 Å². The first-order valence-electron chi connectivity index (χ1n) is 13.5. The molecule has 0 aliphatic heterocycles. The van der Waals surface area contributed by atoms with Crippen LogP contribution in [-0.2, 0) is 12.8 Å². The zero-order chi connectivity index (χ0) is 20.8. The zero-order valence-electron chi connectivity index (χ0n) is 19.9. The summed E-state index contributed by atoms with van der Waals surface area (Å²) in [6.45, 7) is 4.50. The Morgan fingerprint density at radius 2 is 1.70 bits per heavy atom. The largest absolute Gasteiger partial charge is 0.0914 e. The maximum Gasteiger partial charge on any atom is -0.0159 e. The molecular weight excluding hydrogens is 360 g/mol. The van der Waals surface area contributed by atoms with Crippen LogP contribution >= 0.6 is 0 Å². The summed E-state index contributed by atoms with van der Waals surface area (Å²) in [5.41, 5.74) is 5.07. The molecule has 0 radical (unpaired) electrons. The van der Waals surface area contributed by atoms with Gasteiger partial charge in [0.25, 0.3) is 0 Å². The third-order valence-corrected chi connectivity index (χ3v) is 8.87. The fraction of sp³-hybridized carbons (Fsp3) is 0.733. The maximum atomic E-state index is 2.64. The van der Waals surface area contributed by atoms with Gasteiger partial charge in [0, 0.05) is 0 Å². The Morgan fingerprint density at radius 1 is 0.867 bits per heavy atom. The molecule has 1 aromatic rings. The molecule has 0 spiro atoms. The molecule has 0 nitrogen and oxygen atoms in total. The minimum Gasteiger partial charge on any atom is -0.0914 e. The van der Waals surface area contributed by atoms with Crippen molar-refractivity contribution in [3.8, 4) is 0 Å². The monoisotopic (exact) mass is 406 g/mol. The topological polar surface area (TPSA) is 0 Å². The van der Waals surface area contributed by atoms with Crippen LogP contribution < -0.4 is 0 Å². The lowest BCUT2D eigenvalue weighted by atomic mass is 9.63. The van der Waals surface area contributed by atoms with Gasteiger partial charge in [-0.1, -0.05) is 75.8 Å². The van der Waals surface area contributed by atoms with E-state index in [0.29, 0.717) is 0 Å². The van der Waals surface area contributed by atoms with Gasteiger partial charge >= 0.3 is 0 Å². The third-order valence-electron chi connectivity index (χ3n) is 8.87. The van der Waals surface area contributed by atoms with Gasteiger partial charge in [0.1, 0.15) is 0 Å². The summed E-state index contributed by atoms with van der Waals surface area (Å²) in [5, 5.41) is 0. The third kappa shape index (κ3) is 5.60. The van der Waals surface area contributed by atoms with Crippen molar-refractivity contribution in [3.05, 3.63) is 47.0 Å². The van der Waals surface area contributed by atoms with E-state index in [9.17, 15) is 0 Å². The molecule has 5 unspecified atom stereocenters. The van der Waals surface area contributed by atoms with Crippen LogP contribution in [-0.4, -0.2) is 0 Å². The van der Waals surface area contributed by atoms with Crippen molar-refractivity contribution in [1.29, 1.82) is 0 Å². The van der Waals surface area contributed by atoms with E-state index in [2.05, 4.69) is 44.2 Å². The zero-order valence-corrected chi connectivity index (χ0v) is 19.9. The Hall–Kier alpha value is -1.04. The number of fused-ring (bicyclic) bond motifs is 2. The van der Waals surface area contributed by atoms with Crippen LogP contribution in [0.1, 0.15) is 120 Å². The van der Waals surface area contributed by atoms with Crippen LogP contribution in [0.25, 0.3) is 0 Å². The molecule has 2 fully saturated rings. The standard InChI is InChI=1S/C30H46/c1-3-5-6-7-8-10-24-12-14-28-22-30(18-16-26(28)20-24)29-17-15-25-19-23(9-4-2)11-13-27(25)21-29/h4,9,16,18,22-25,27,29H,3,5-8,10-15,17,19-21H2,1-2H3/b9-4+. The van der Waals surface area contributed by atoms with Crippen molar-refractivity contribution in [2.75, 3.05) is 0 Å². The van der Waals surface area contributed by atoms with Gasteiger partial charge in [-0.2, -0.15) is 0 Å². The van der Waals surface area contributed by atoms with Crippen molar-refractivity contribution in [2.24, 2.45) is 23.7 Å². The van der Waals surface area contributed by atoms with Crippen LogP contribution in [0.15, 0.2) is 30.4 Å². The van der Waals surface area contributed by atoms with Crippen LogP contribution in [0.4, 0.5) is 0 Å². The number of benzene rings is 1. The average molecular weight is 407 g/mol. The van der Waals surface area contributed by atoms with Crippen LogP contribution in [0.3, 0.4) is 0 Å². The first-order valence-corrected chi connectivity index (χ1v) is 13.5. The van der Waals surface area contributed by atoms with Gasteiger partial charge in [-0.3, -0.25) is 0 Å². The molecule has 0 N–H and O–H groups in total. The van der Waals surface area contributed by atoms with Gasteiger partial charge in [0.05, 0.1) is 0 Å². The van der Waals surface area contributed by atoms with Gasteiger partial charge in [-0.25, -0.2) is 0 Å². The van der Waals surface area contributed by atoms with Crippen LogP contribution in [0.5, 0.6) is 0 Å². The molecular formula is C30H46. The van der Waals surface area contributed by atoms with Crippen molar-refractivity contribution >= 4 is 0 Å².